The van der Waals surface area contributed by atoms with Gasteiger partial charge >= 0.3 is 0 Å². The maximum Gasteiger partial charge on any atom is 0.257 e. The third-order valence-corrected chi connectivity index (χ3v) is 3.91. The second-order valence-corrected chi connectivity index (χ2v) is 6.16. The van der Waals surface area contributed by atoms with Crippen molar-refractivity contribution in [1.29, 1.82) is 0 Å². The molecule has 0 saturated heterocycles. The molecule has 144 valence electrons. The average Bonchev–Trinajstić information content (AvgIpc) is 3.13. The Morgan fingerprint density at radius 3 is 2.68 bits per heavy atom. The summed E-state index contributed by atoms with van der Waals surface area (Å²) in [5, 5.41) is 12.3. The second kappa shape index (κ2) is 8.81. The Labute approximate surface area is 162 Å². The summed E-state index contributed by atoms with van der Waals surface area (Å²) in [7, 11) is 1.55. The highest BCUT2D eigenvalue weighted by molar-refractivity contribution is 5.92. The van der Waals surface area contributed by atoms with Gasteiger partial charge < -0.3 is 15.4 Å². The van der Waals surface area contributed by atoms with Crippen molar-refractivity contribution in [1.82, 2.24) is 20.5 Å². The van der Waals surface area contributed by atoms with E-state index in [1.165, 1.54) is 0 Å². The van der Waals surface area contributed by atoms with Crippen LogP contribution >= 0.6 is 0 Å². The van der Waals surface area contributed by atoms with Crippen LogP contribution < -0.4 is 15.4 Å². The molecule has 0 spiro atoms. The van der Waals surface area contributed by atoms with E-state index in [2.05, 4.69) is 25.8 Å². The van der Waals surface area contributed by atoms with Gasteiger partial charge in [0.25, 0.3) is 5.91 Å². The molecule has 28 heavy (non-hydrogen) atoms. The van der Waals surface area contributed by atoms with Crippen LogP contribution in [0.2, 0.25) is 0 Å². The van der Waals surface area contributed by atoms with Crippen LogP contribution in [-0.2, 0) is 16.0 Å². The van der Waals surface area contributed by atoms with Crippen molar-refractivity contribution in [3.63, 3.8) is 0 Å². The Morgan fingerprint density at radius 2 is 1.93 bits per heavy atom. The number of anilines is 1. The molecule has 1 heterocycles. The number of carbonyl (C=O) groups excluding carboxylic acids is 2. The molecule has 0 unspecified atom stereocenters. The molecule has 0 bridgehead atoms. The summed E-state index contributed by atoms with van der Waals surface area (Å²) in [4.78, 5) is 28.0. The highest BCUT2D eigenvalue weighted by Gasteiger charge is 2.09. The first kappa shape index (κ1) is 19.1. The van der Waals surface area contributed by atoms with Crippen molar-refractivity contribution in [2.75, 3.05) is 19.0 Å². The molecule has 0 fully saturated rings. The van der Waals surface area contributed by atoms with Gasteiger partial charge in [0.15, 0.2) is 12.4 Å². The van der Waals surface area contributed by atoms with E-state index >= 15 is 0 Å². The normalized spacial score (nSPS) is 10.4. The molecular weight excluding hydrogens is 358 g/mol. The molecule has 2 aromatic carbocycles. The maximum atomic E-state index is 12.4. The monoisotopic (exact) mass is 379 g/mol. The molecule has 3 N–H and O–H groups in total. The van der Waals surface area contributed by atoms with Crippen LogP contribution in [0, 0.1) is 6.92 Å². The zero-order chi connectivity index (χ0) is 19.9. The number of benzene rings is 2. The average molecular weight is 379 g/mol. The van der Waals surface area contributed by atoms with Crippen molar-refractivity contribution in [2.24, 2.45) is 0 Å². The molecule has 0 aliphatic carbocycles. The van der Waals surface area contributed by atoms with E-state index in [1.54, 1.807) is 25.2 Å². The predicted molar refractivity (Wildman–Crippen MR) is 105 cm³/mol. The van der Waals surface area contributed by atoms with Gasteiger partial charge in [-0.3, -0.25) is 14.7 Å². The molecule has 8 heteroatoms. The summed E-state index contributed by atoms with van der Waals surface area (Å²) >= 11 is 0. The zero-order valence-electron chi connectivity index (χ0n) is 15.7. The number of ether oxygens (including phenoxy) is 1. The highest BCUT2D eigenvalue weighted by atomic mass is 16.5. The fourth-order valence-electron chi connectivity index (χ4n) is 2.56. The molecule has 3 aromatic rings. The number of likely N-dealkylation sites (N-methyl/N-ethyl adjacent to an activating group) is 1. The van der Waals surface area contributed by atoms with E-state index in [9.17, 15) is 9.59 Å². The smallest absolute Gasteiger partial charge is 0.257 e. The quantitative estimate of drug-likeness (QED) is 0.582. The van der Waals surface area contributed by atoms with E-state index in [0.29, 0.717) is 17.3 Å². The number of aryl methyl sites for hydroxylation is 1. The van der Waals surface area contributed by atoms with E-state index in [0.717, 1.165) is 17.0 Å². The lowest BCUT2D eigenvalue weighted by Gasteiger charge is -2.09. The first-order valence-corrected chi connectivity index (χ1v) is 8.75. The number of amides is 2. The second-order valence-electron chi connectivity index (χ2n) is 6.16. The standard InChI is InChI=1S/C20H21N5O3/c1-13-22-20(25-24-13)15-6-4-7-16(11-15)23-18(26)10-14-5-3-8-17(9-14)28-12-19(27)21-2/h3-9,11H,10,12H2,1-2H3,(H,21,27)(H,23,26)(H,22,24,25). The Morgan fingerprint density at radius 1 is 1.11 bits per heavy atom. The fourth-order valence-corrected chi connectivity index (χ4v) is 2.56. The van der Waals surface area contributed by atoms with Gasteiger partial charge in [0, 0.05) is 18.3 Å². The van der Waals surface area contributed by atoms with Crippen molar-refractivity contribution >= 4 is 17.5 Å². The minimum absolute atomic E-state index is 0.0698. The summed E-state index contributed by atoms with van der Waals surface area (Å²) < 4.78 is 5.41. The lowest BCUT2D eigenvalue weighted by molar-refractivity contribution is -0.122. The summed E-state index contributed by atoms with van der Waals surface area (Å²) in [5.74, 6) is 1.46. The Bertz CT molecular complexity index is 983. The number of nitrogens with zero attached hydrogens (tertiary/aromatic N) is 2. The summed E-state index contributed by atoms with van der Waals surface area (Å²) in [6.45, 7) is 1.76. The summed E-state index contributed by atoms with van der Waals surface area (Å²) in [5.41, 5.74) is 2.26. The zero-order valence-corrected chi connectivity index (χ0v) is 15.7. The number of H-pyrrole nitrogens is 1. The third-order valence-electron chi connectivity index (χ3n) is 3.91. The van der Waals surface area contributed by atoms with E-state index in [-0.39, 0.29) is 24.8 Å². The fraction of sp³-hybridized carbons (Fsp3) is 0.200. The van der Waals surface area contributed by atoms with Crippen molar-refractivity contribution in [2.45, 2.75) is 13.3 Å². The Balaban J connectivity index is 1.62. The van der Waals surface area contributed by atoms with Crippen LogP contribution in [0.15, 0.2) is 48.5 Å². The van der Waals surface area contributed by atoms with Crippen LogP contribution in [0.4, 0.5) is 5.69 Å². The number of hydrogen-bond donors (Lipinski definition) is 3. The SMILES string of the molecule is CNC(=O)COc1cccc(CC(=O)Nc2cccc(-c3n[nH]c(C)n3)c2)c1. The number of rotatable bonds is 7. The van der Waals surface area contributed by atoms with Gasteiger partial charge in [-0.05, 0) is 36.8 Å². The summed E-state index contributed by atoms with van der Waals surface area (Å²) in [6.07, 6.45) is 0.182. The van der Waals surface area contributed by atoms with Crippen LogP contribution in [0.5, 0.6) is 5.75 Å². The van der Waals surface area contributed by atoms with Gasteiger partial charge in [-0.15, -0.1) is 0 Å². The summed E-state index contributed by atoms with van der Waals surface area (Å²) in [6, 6.07) is 14.5. The molecule has 0 atom stereocenters. The predicted octanol–water partition coefficient (Wildman–Crippen LogP) is 2.09. The minimum atomic E-state index is -0.218. The van der Waals surface area contributed by atoms with Gasteiger partial charge in [0.05, 0.1) is 6.42 Å². The Hall–Kier alpha value is -3.68. The number of hydrogen-bond acceptors (Lipinski definition) is 5. The number of nitrogens with one attached hydrogen (secondary N) is 3. The van der Waals surface area contributed by atoms with E-state index in [4.69, 9.17) is 4.74 Å². The van der Waals surface area contributed by atoms with E-state index < -0.39 is 0 Å². The number of carbonyl (C=O) groups is 2. The molecule has 3 rings (SSSR count). The number of aromatic nitrogens is 3. The molecule has 8 nitrogen and oxygen atoms in total. The van der Waals surface area contributed by atoms with E-state index in [1.807, 2.05) is 37.3 Å². The van der Waals surface area contributed by atoms with Gasteiger partial charge in [-0.1, -0.05) is 24.3 Å². The lowest BCUT2D eigenvalue weighted by Crippen LogP contribution is -2.24. The molecule has 0 radical (unpaired) electrons. The first-order chi connectivity index (χ1) is 13.5. The largest absolute Gasteiger partial charge is 0.484 e. The third kappa shape index (κ3) is 5.16. The molecule has 0 aliphatic rings. The highest BCUT2D eigenvalue weighted by Crippen LogP contribution is 2.20. The number of aromatic amines is 1. The maximum absolute atomic E-state index is 12.4. The van der Waals surface area contributed by atoms with Crippen LogP contribution in [0.3, 0.4) is 0 Å². The molecule has 0 saturated carbocycles. The topological polar surface area (TPSA) is 109 Å². The molecule has 2 amide bonds. The first-order valence-electron chi connectivity index (χ1n) is 8.75. The minimum Gasteiger partial charge on any atom is -0.484 e. The lowest BCUT2D eigenvalue weighted by atomic mass is 10.1. The molecular formula is C20H21N5O3. The van der Waals surface area contributed by atoms with Crippen molar-refractivity contribution in [3.8, 4) is 17.1 Å². The van der Waals surface area contributed by atoms with Gasteiger partial charge in [0.1, 0.15) is 11.6 Å². The van der Waals surface area contributed by atoms with Crippen LogP contribution in [0.25, 0.3) is 11.4 Å². The molecule has 0 aliphatic heterocycles. The van der Waals surface area contributed by atoms with Gasteiger partial charge in [-0.25, -0.2) is 4.98 Å². The van der Waals surface area contributed by atoms with Crippen LogP contribution in [0.1, 0.15) is 11.4 Å². The van der Waals surface area contributed by atoms with Crippen molar-refractivity contribution < 1.29 is 14.3 Å². The molecule has 1 aromatic heterocycles. The van der Waals surface area contributed by atoms with Crippen molar-refractivity contribution in [3.05, 3.63) is 59.9 Å². The van der Waals surface area contributed by atoms with Gasteiger partial charge in [0.2, 0.25) is 5.91 Å². The van der Waals surface area contributed by atoms with Crippen LogP contribution in [-0.4, -0.2) is 40.7 Å². The van der Waals surface area contributed by atoms with Gasteiger partial charge in [-0.2, -0.15) is 5.10 Å². The Kier molecular flexibility index (Phi) is 6.01.